The van der Waals surface area contributed by atoms with E-state index in [0.717, 1.165) is 0 Å². The molecule has 0 unspecified atom stereocenters. The molecule has 0 radical (unpaired) electrons. The Bertz CT molecular complexity index is 961. The number of aryl methyl sites for hydroxylation is 1. The summed E-state index contributed by atoms with van der Waals surface area (Å²) in [5, 5.41) is 13.0. The van der Waals surface area contributed by atoms with Crippen molar-refractivity contribution in [1.82, 2.24) is 25.0 Å². The fourth-order valence-electron chi connectivity index (χ4n) is 2.67. The van der Waals surface area contributed by atoms with Gasteiger partial charge in [-0.1, -0.05) is 11.2 Å². The van der Waals surface area contributed by atoms with Gasteiger partial charge in [0, 0.05) is 18.9 Å². The minimum Gasteiger partial charge on any atom is -0.477 e. The van der Waals surface area contributed by atoms with Crippen LogP contribution in [0.5, 0.6) is 0 Å². The summed E-state index contributed by atoms with van der Waals surface area (Å²) in [4.78, 5) is 36.4. The van der Waals surface area contributed by atoms with Crippen LogP contribution in [0.1, 0.15) is 38.0 Å². The molecule has 0 aromatic carbocycles. The van der Waals surface area contributed by atoms with E-state index >= 15 is 0 Å². The summed E-state index contributed by atoms with van der Waals surface area (Å²) in [6.45, 7) is 3.34. The molecule has 134 valence electrons. The molecule has 0 saturated carbocycles. The number of hydrogen-bond donors (Lipinski definition) is 2. The Morgan fingerprint density at radius 1 is 1.31 bits per heavy atom. The Labute approximate surface area is 148 Å². The van der Waals surface area contributed by atoms with Crippen molar-refractivity contribution in [3.63, 3.8) is 0 Å². The predicted octanol–water partition coefficient (Wildman–Crippen LogP) is 2.05. The van der Waals surface area contributed by atoms with E-state index in [1.54, 1.807) is 39.2 Å². The van der Waals surface area contributed by atoms with Crippen molar-refractivity contribution in [2.24, 2.45) is 0 Å². The molecule has 1 amide bonds. The number of nitrogens with one attached hydrogen (secondary N) is 1. The lowest BCUT2D eigenvalue weighted by molar-refractivity contribution is 0.0690. The van der Waals surface area contributed by atoms with Crippen molar-refractivity contribution in [2.45, 2.75) is 20.4 Å². The first-order valence-electron chi connectivity index (χ1n) is 7.80. The van der Waals surface area contributed by atoms with Crippen LogP contribution in [0.3, 0.4) is 0 Å². The normalized spacial score (nSPS) is 10.7. The second kappa shape index (κ2) is 6.79. The Kier molecular flexibility index (Phi) is 4.53. The molecule has 3 heterocycles. The molecule has 3 rings (SSSR count). The Morgan fingerprint density at radius 2 is 2.08 bits per heavy atom. The molecule has 0 bridgehead atoms. The van der Waals surface area contributed by atoms with Gasteiger partial charge in [-0.2, -0.15) is 4.98 Å². The number of nitrogens with zero attached hydrogens (tertiary/aromatic N) is 4. The summed E-state index contributed by atoms with van der Waals surface area (Å²) >= 11 is 0. The van der Waals surface area contributed by atoms with Gasteiger partial charge in [0.15, 0.2) is 0 Å². The van der Waals surface area contributed by atoms with Gasteiger partial charge in [0.2, 0.25) is 11.7 Å². The third kappa shape index (κ3) is 3.18. The lowest BCUT2D eigenvalue weighted by Gasteiger charge is -2.15. The Balaban J connectivity index is 1.79. The van der Waals surface area contributed by atoms with E-state index in [1.807, 2.05) is 6.07 Å². The maximum atomic E-state index is 12.7. The quantitative estimate of drug-likeness (QED) is 0.717. The van der Waals surface area contributed by atoms with Crippen LogP contribution in [0.15, 0.2) is 28.9 Å². The molecular formula is C17H17N5O4. The minimum absolute atomic E-state index is 0.00878. The molecule has 9 heteroatoms. The number of carboxylic acid groups (broad SMARTS) is 1. The van der Waals surface area contributed by atoms with Crippen LogP contribution >= 0.6 is 0 Å². The summed E-state index contributed by atoms with van der Waals surface area (Å²) < 4.78 is 5.18. The van der Waals surface area contributed by atoms with Crippen molar-refractivity contribution in [3.8, 4) is 11.5 Å². The monoisotopic (exact) mass is 355 g/mol. The zero-order chi connectivity index (χ0) is 18.8. The van der Waals surface area contributed by atoms with E-state index in [2.05, 4.69) is 20.1 Å². The zero-order valence-electron chi connectivity index (χ0n) is 14.5. The summed E-state index contributed by atoms with van der Waals surface area (Å²) in [7, 11) is 1.58. The van der Waals surface area contributed by atoms with Crippen LogP contribution in [-0.2, 0) is 6.54 Å². The summed E-state index contributed by atoms with van der Waals surface area (Å²) in [5.41, 5.74) is 1.80. The smallest absolute Gasteiger partial charge is 0.352 e. The van der Waals surface area contributed by atoms with Gasteiger partial charge in [-0.15, -0.1) is 0 Å². The average Bonchev–Trinajstić information content (AvgIpc) is 3.19. The third-order valence-electron chi connectivity index (χ3n) is 3.95. The highest BCUT2D eigenvalue weighted by Gasteiger charge is 2.25. The van der Waals surface area contributed by atoms with E-state index in [9.17, 15) is 14.7 Å². The number of H-pyrrole nitrogens is 1. The van der Waals surface area contributed by atoms with Crippen LogP contribution < -0.4 is 0 Å². The zero-order valence-corrected chi connectivity index (χ0v) is 14.5. The maximum absolute atomic E-state index is 12.7. The number of carbonyl (C=O) groups is 2. The van der Waals surface area contributed by atoms with E-state index in [0.29, 0.717) is 28.3 Å². The molecule has 2 N–H and O–H groups in total. The molecule has 0 spiro atoms. The standard InChI is InChI=1S/C17H17N5O4/c1-9-13(10(2)19-14(9)17(24)25)16(23)22(3)8-12-20-15(21-26-12)11-6-4-5-7-18-11/h4-7,19H,8H2,1-3H3,(H,24,25). The first-order valence-corrected chi connectivity index (χ1v) is 7.80. The Morgan fingerprint density at radius 3 is 2.69 bits per heavy atom. The van der Waals surface area contributed by atoms with Crippen LogP contribution in [0.2, 0.25) is 0 Å². The number of carbonyl (C=O) groups excluding carboxylic acids is 1. The minimum atomic E-state index is -1.11. The fraction of sp³-hybridized carbons (Fsp3) is 0.235. The topological polar surface area (TPSA) is 125 Å². The molecule has 26 heavy (non-hydrogen) atoms. The average molecular weight is 355 g/mol. The second-order valence-corrected chi connectivity index (χ2v) is 5.82. The SMILES string of the molecule is Cc1[nH]c(C(=O)O)c(C)c1C(=O)N(C)Cc1nc(-c2ccccn2)no1. The molecule has 0 saturated heterocycles. The van der Waals surface area contributed by atoms with Gasteiger partial charge in [0.25, 0.3) is 5.91 Å². The van der Waals surface area contributed by atoms with E-state index in [4.69, 9.17) is 4.52 Å². The van der Waals surface area contributed by atoms with Gasteiger partial charge in [0.1, 0.15) is 17.9 Å². The van der Waals surface area contributed by atoms with Gasteiger partial charge in [0.05, 0.1) is 5.56 Å². The third-order valence-corrected chi connectivity index (χ3v) is 3.95. The predicted molar refractivity (Wildman–Crippen MR) is 90.6 cm³/mol. The highest BCUT2D eigenvalue weighted by Crippen LogP contribution is 2.20. The molecule has 0 aliphatic carbocycles. The molecule has 0 fully saturated rings. The molecule has 3 aromatic heterocycles. The fourth-order valence-corrected chi connectivity index (χ4v) is 2.67. The number of carboxylic acids is 1. The van der Waals surface area contributed by atoms with Crippen molar-refractivity contribution in [2.75, 3.05) is 7.05 Å². The van der Waals surface area contributed by atoms with E-state index in [1.165, 1.54) is 4.90 Å². The lowest BCUT2D eigenvalue weighted by atomic mass is 10.1. The van der Waals surface area contributed by atoms with Crippen molar-refractivity contribution >= 4 is 11.9 Å². The second-order valence-electron chi connectivity index (χ2n) is 5.82. The van der Waals surface area contributed by atoms with Crippen LogP contribution in [0.25, 0.3) is 11.5 Å². The van der Waals surface area contributed by atoms with Gasteiger partial charge in [-0.05, 0) is 31.5 Å². The summed E-state index contributed by atoms with van der Waals surface area (Å²) in [5.74, 6) is -0.847. The van der Waals surface area contributed by atoms with Crippen molar-refractivity contribution in [1.29, 1.82) is 0 Å². The van der Waals surface area contributed by atoms with E-state index in [-0.39, 0.29) is 24.0 Å². The molecule has 0 aliphatic heterocycles. The molecular weight excluding hydrogens is 338 g/mol. The largest absolute Gasteiger partial charge is 0.477 e. The lowest BCUT2D eigenvalue weighted by Crippen LogP contribution is -2.27. The summed E-state index contributed by atoms with van der Waals surface area (Å²) in [6, 6.07) is 5.35. The number of aromatic amines is 1. The van der Waals surface area contributed by atoms with Gasteiger partial charge < -0.3 is 19.5 Å². The highest BCUT2D eigenvalue weighted by molar-refractivity contribution is 6.00. The number of pyridine rings is 1. The molecule has 0 atom stereocenters. The van der Waals surface area contributed by atoms with Crippen LogP contribution in [0, 0.1) is 13.8 Å². The van der Waals surface area contributed by atoms with Crippen molar-refractivity contribution < 1.29 is 19.2 Å². The van der Waals surface area contributed by atoms with Gasteiger partial charge >= 0.3 is 5.97 Å². The maximum Gasteiger partial charge on any atom is 0.352 e. The number of rotatable bonds is 5. The molecule has 0 aliphatic rings. The van der Waals surface area contributed by atoms with E-state index < -0.39 is 5.97 Å². The molecule has 3 aromatic rings. The summed E-state index contributed by atoms with van der Waals surface area (Å²) in [6.07, 6.45) is 1.62. The first-order chi connectivity index (χ1) is 12.4. The molecule has 9 nitrogen and oxygen atoms in total. The number of aromatic nitrogens is 4. The van der Waals surface area contributed by atoms with Gasteiger partial charge in [-0.3, -0.25) is 9.78 Å². The van der Waals surface area contributed by atoms with Crippen LogP contribution in [-0.4, -0.2) is 49.0 Å². The number of hydrogen-bond acceptors (Lipinski definition) is 6. The van der Waals surface area contributed by atoms with Crippen LogP contribution in [0.4, 0.5) is 0 Å². The highest BCUT2D eigenvalue weighted by atomic mass is 16.5. The number of aromatic carboxylic acids is 1. The van der Waals surface area contributed by atoms with Gasteiger partial charge in [-0.25, -0.2) is 4.79 Å². The first kappa shape index (κ1) is 17.3. The Hall–Kier alpha value is -3.49. The number of amides is 1. The van der Waals surface area contributed by atoms with Crippen molar-refractivity contribution in [3.05, 3.63) is 52.8 Å².